The molecule has 0 spiro atoms. The lowest BCUT2D eigenvalue weighted by atomic mass is 9.99. The second kappa shape index (κ2) is 11.6. The number of tetrazole rings is 1. The first kappa shape index (κ1) is 23.6. The van der Waals surface area contributed by atoms with Crippen molar-refractivity contribution < 1.29 is 9.47 Å². The third-order valence-electron chi connectivity index (χ3n) is 5.88. The molecule has 3 aromatic rings. The fourth-order valence-corrected chi connectivity index (χ4v) is 4.22. The number of benzene rings is 1. The van der Waals surface area contributed by atoms with Crippen LogP contribution in [0.25, 0.3) is 11.6 Å². The van der Waals surface area contributed by atoms with Gasteiger partial charge in [0.1, 0.15) is 0 Å². The molecule has 1 fully saturated rings. The van der Waals surface area contributed by atoms with Gasteiger partial charge in [0.2, 0.25) is 0 Å². The minimum absolute atomic E-state index is 0.371. The Morgan fingerprint density at radius 2 is 2.00 bits per heavy atom. The first-order valence-electron chi connectivity index (χ1n) is 11.9. The molecule has 0 amide bonds. The van der Waals surface area contributed by atoms with Crippen molar-refractivity contribution in [1.29, 1.82) is 0 Å². The van der Waals surface area contributed by atoms with Crippen LogP contribution in [0.4, 0.5) is 17.1 Å². The maximum Gasteiger partial charge on any atom is 0.316 e. The molecule has 3 heterocycles. The molecule has 2 N–H and O–H groups in total. The normalized spacial score (nSPS) is 14.7. The van der Waals surface area contributed by atoms with E-state index in [0.29, 0.717) is 24.5 Å². The average Bonchev–Trinajstić information content (AvgIpc) is 3.39. The van der Waals surface area contributed by atoms with Crippen LogP contribution in [0.3, 0.4) is 0 Å². The fraction of sp³-hybridized carbons (Fsp3) is 0.458. The van der Waals surface area contributed by atoms with E-state index in [0.717, 1.165) is 67.2 Å². The third-order valence-corrected chi connectivity index (χ3v) is 5.88. The highest BCUT2D eigenvalue weighted by Gasteiger charge is 2.23. The summed E-state index contributed by atoms with van der Waals surface area (Å²) in [5, 5.41) is 17.9. The number of aromatic nitrogens is 6. The van der Waals surface area contributed by atoms with Gasteiger partial charge in [0.15, 0.2) is 5.82 Å². The molecule has 1 aromatic carbocycles. The van der Waals surface area contributed by atoms with Gasteiger partial charge in [-0.15, -0.1) is 10.2 Å². The van der Waals surface area contributed by atoms with Gasteiger partial charge < -0.3 is 19.7 Å². The molecule has 1 aliphatic rings. The van der Waals surface area contributed by atoms with Gasteiger partial charge in [-0.3, -0.25) is 0 Å². The monoisotopic (exact) mass is 464 g/mol. The molecule has 0 radical (unpaired) electrons. The number of nitrogens with one attached hydrogen (secondary N) is 2. The second-order valence-electron chi connectivity index (χ2n) is 7.97. The number of hydrogen-bond acceptors (Lipinski definition) is 9. The Morgan fingerprint density at radius 1 is 1.21 bits per heavy atom. The summed E-state index contributed by atoms with van der Waals surface area (Å²) in [6.45, 7) is 9.24. The van der Waals surface area contributed by atoms with Crippen LogP contribution in [0.5, 0.6) is 6.01 Å². The number of nitrogens with zero attached hydrogens (tertiary/aromatic N) is 6. The molecule has 10 nitrogen and oxygen atoms in total. The van der Waals surface area contributed by atoms with Crippen molar-refractivity contribution in [2.24, 2.45) is 0 Å². The van der Waals surface area contributed by atoms with E-state index in [1.807, 2.05) is 13.0 Å². The Labute approximate surface area is 199 Å². The van der Waals surface area contributed by atoms with E-state index in [1.165, 1.54) is 0 Å². The van der Waals surface area contributed by atoms with Gasteiger partial charge in [-0.1, -0.05) is 13.0 Å². The standard InChI is InChI=1S/C24H32N8O2/c1-4-17(14-23-28-30-31-29-23)18-7-8-22(32(5-2)20-9-11-33-12-10-20)21(13-18)27-19-15-25-24(26-16-19)34-6-3/h7-8,13-16,20,27H,4-6,9-12H2,1-3H3,(H,28,29,30,31)/b17-14+. The molecule has 0 atom stereocenters. The second-order valence-corrected chi connectivity index (χ2v) is 7.97. The van der Waals surface area contributed by atoms with Crippen LogP contribution in [0.1, 0.15) is 51.4 Å². The quantitative estimate of drug-likeness (QED) is 0.458. The highest BCUT2D eigenvalue weighted by atomic mass is 16.5. The Hall–Kier alpha value is -3.53. The summed E-state index contributed by atoms with van der Waals surface area (Å²) in [5.74, 6) is 0.563. The van der Waals surface area contributed by atoms with Gasteiger partial charge in [0, 0.05) is 25.8 Å². The number of aromatic amines is 1. The molecular weight excluding hydrogens is 432 g/mol. The Kier molecular flexibility index (Phi) is 8.03. The number of H-pyrrole nitrogens is 1. The predicted octanol–water partition coefficient (Wildman–Crippen LogP) is 4.09. The van der Waals surface area contributed by atoms with Crippen molar-refractivity contribution in [3.8, 4) is 6.01 Å². The lowest BCUT2D eigenvalue weighted by Gasteiger charge is -2.36. The van der Waals surface area contributed by atoms with Gasteiger partial charge in [-0.05, 0) is 67.7 Å². The molecule has 1 saturated heterocycles. The summed E-state index contributed by atoms with van der Waals surface area (Å²) < 4.78 is 11.0. The largest absolute Gasteiger partial charge is 0.464 e. The first-order chi connectivity index (χ1) is 16.7. The molecule has 180 valence electrons. The first-order valence-corrected chi connectivity index (χ1v) is 11.9. The van der Waals surface area contributed by atoms with Crippen LogP contribution in [0, 0.1) is 0 Å². The number of ether oxygens (including phenoxy) is 2. The number of hydrogen-bond donors (Lipinski definition) is 2. The van der Waals surface area contributed by atoms with E-state index in [2.05, 4.69) is 72.9 Å². The van der Waals surface area contributed by atoms with Crippen LogP contribution >= 0.6 is 0 Å². The molecule has 1 aliphatic heterocycles. The van der Waals surface area contributed by atoms with Gasteiger partial charge >= 0.3 is 6.01 Å². The van der Waals surface area contributed by atoms with E-state index >= 15 is 0 Å². The molecule has 34 heavy (non-hydrogen) atoms. The SMILES string of the molecule is CCOc1ncc(Nc2cc(/C(=C/c3nn[nH]n3)CC)ccc2N(CC)C2CCOCC2)cn1. The van der Waals surface area contributed by atoms with E-state index < -0.39 is 0 Å². The number of allylic oxidation sites excluding steroid dienone is 1. The van der Waals surface area contributed by atoms with Crippen molar-refractivity contribution in [2.45, 2.75) is 46.1 Å². The van der Waals surface area contributed by atoms with Crippen LogP contribution in [0.15, 0.2) is 30.6 Å². The zero-order valence-electron chi connectivity index (χ0n) is 20.0. The van der Waals surface area contributed by atoms with Gasteiger partial charge in [0.05, 0.1) is 36.1 Å². The zero-order valence-corrected chi connectivity index (χ0v) is 20.0. The highest BCUT2D eigenvalue weighted by molar-refractivity contribution is 5.85. The van der Waals surface area contributed by atoms with Crippen molar-refractivity contribution in [3.63, 3.8) is 0 Å². The molecule has 10 heteroatoms. The smallest absolute Gasteiger partial charge is 0.316 e. The van der Waals surface area contributed by atoms with Crippen LogP contribution < -0.4 is 15.0 Å². The topological polar surface area (TPSA) is 114 Å². The van der Waals surface area contributed by atoms with E-state index in [4.69, 9.17) is 9.47 Å². The van der Waals surface area contributed by atoms with Gasteiger partial charge in [-0.2, -0.15) is 5.21 Å². The molecule has 0 bridgehead atoms. The zero-order chi connectivity index (χ0) is 23.8. The van der Waals surface area contributed by atoms with E-state index in [-0.39, 0.29) is 0 Å². The van der Waals surface area contributed by atoms with E-state index in [1.54, 1.807) is 12.4 Å². The maximum absolute atomic E-state index is 5.60. The number of anilines is 3. The summed E-state index contributed by atoms with van der Waals surface area (Å²) in [6, 6.07) is 7.32. The third kappa shape index (κ3) is 5.69. The van der Waals surface area contributed by atoms with Gasteiger partial charge in [-0.25, -0.2) is 9.97 Å². The molecule has 0 aliphatic carbocycles. The summed E-state index contributed by atoms with van der Waals surface area (Å²) in [7, 11) is 0. The summed E-state index contributed by atoms with van der Waals surface area (Å²) in [6.07, 6.45) is 8.30. The minimum atomic E-state index is 0.371. The van der Waals surface area contributed by atoms with Crippen molar-refractivity contribution >= 4 is 28.7 Å². The van der Waals surface area contributed by atoms with E-state index in [9.17, 15) is 0 Å². The Balaban J connectivity index is 1.70. The fourth-order valence-electron chi connectivity index (χ4n) is 4.22. The van der Waals surface area contributed by atoms with Crippen LogP contribution in [0.2, 0.25) is 0 Å². The Morgan fingerprint density at radius 3 is 2.65 bits per heavy atom. The number of rotatable bonds is 10. The molecular formula is C24H32N8O2. The maximum atomic E-state index is 5.60. The summed E-state index contributed by atoms with van der Waals surface area (Å²) >= 11 is 0. The summed E-state index contributed by atoms with van der Waals surface area (Å²) in [4.78, 5) is 11.1. The lowest BCUT2D eigenvalue weighted by molar-refractivity contribution is 0.0846. The van der Waals surface area contributed by atoms with Crippen molar-refractivity contribution in [1.82, 2.24) is 30.6 Å². The van der Waals surface area contributed by atoms with Crippen molar-refractivity contribution in [2.75, 3.05) is 36.6 Å². The lowest BCUT2D eigenvalue weighted by Crippen LogP contribution is -2.39. The Bertz CT molecular complexity index is 1060. The highest BCUT2D eigenvalue weighted by Crippen LogP contribution is 2.35. The molecule has 2 aromatic heterocycles. The molecule has 4 rings (SSSR count). The van der Waals surface area contributed by atoms with Crippen LogP contribution in [-0.4, -0.2) is 63.0 Å². The average molecular weight is 465 g/mol. The molecule has 0 unspecified atom stereocenters. The van der Waals surface area contributed by atoms with Crippen LogP contribution in [-0.2, 0) is 4.74 Å². The summed E-state index contributed by atoms with van der Waals surface area (Å²) in [5.41, 5.74) is 5.14. The van der Waals surface area contributed by atoms with Gasteiger partial charge in [0.25, 0.3) is 0 Å². The molecule has 0 saturated carbocycles. The van der Waals surface area contributed by atoms with Crippen molar-refractivity contribution in [3.05, 3.63) is 42.0 Å². The minimum Gasteiger partial charge on any atom is -0.464 e. The predicted molar refractivity (Wildman–Crippen MR) is 132 cm³/mol.